The second-order valence-corrected chi connectivity index (χ2v) is 8.75. The van der Waals surface area contributed by atoms with Crippen molar-refractivity contribution in [3.8, 4) is 11.8 Å². The van der Waals surface area contributed by atoms with E-state index in [4.69, 9.17) is 28.4 Å². The summed E-state index contributed by atoms with van der Waals surface area (Å²) in [6.45, 7) is 4.39. The van der Waals surface area contributed by atoms with Crippen molar-refractivity contribution < 1.29 is 47.6 Å². The van der Waals surface area contributed by atoms with E-state index < -0.39 is 54.4 Å². The zero-order chi connectivity index (χ0) is 28.5. The number of esters is 4. The number of hydrogen-bond donors (Lipinski definition) is 0. The minimum atomic E-state index is -1.30. The monoisotopic (exact) mass is 539 g/mol. The highest BCUT2D eigenvalue weighted by Crippen LogP contribution is 2.38. The van der Waals surface area contributed by atoms with Crippen molar-refractivity contribution in [1.29, 1.82) is 5.26 Å². The second-order valence-electron chi connectivity index (χ2n) is 8.75. The van der Waals surface area contributed by atoms with Crippen LogP contribution in [0.2, 0.25) is 0 Å². The van der Waals surface area contributed by atoms with E-state index in [1.165, 1.54) is 13.8 Å². The van der Waals surface area contributed by atoms with E-state index in [2.05, 4.69) is 6.07 Å². The zero-order valence-corrected chi connectivity index (χ0v) is 21.9. The van der Waals surface area contributed by atoms with Crippen LogP contribution in [0.1, 0.15) is 50.5 Å². The molecule has 11 nitrogen and oxygen atoms in total. The fraction of sp³-hybridized carbons (Fsp3) is 0.393. The van der Waals surface area contributed by atoms with Gasteiger partial charge in [-0.05, 0) is 29.8 Å². The number of rotatable bonds is 9. The van der Waals surface area contributed by atoms with Gasteiger partial charge in [-0.25, -0.2) is 0 Å². The number of ether oxygens (including phenoxy) is 6. The van der Waals surface area contributed by atoms with Crippen LogP contribution in [0.5, 0.6) is 5.75 Å². The Balaban J connectivity index is 2.05. The molecule has 0 radical (unpaired) electrons. The van der Waals surface area contributed by atoms with Crippen molar-refractivity contribution in [2.75, 3.05) is 6.61 Å². The SMILES string of the molecule is CC(=O)OCC1O[C@@H](c2ccc(C#N)c(COc3ccccc3)c2)[C@H](OC(C)=O)C(OC(C)=O)[C@@H]1OC(C)=O. The van der Waals surface area contributed by atoms with Crippen molar-refractivity contribution in [3.05, 3.63) is 65.2 Å². The number of hydrogen-bond acceptors (Lipinski definition) is 11. The molecular formula is C28H29NO10. The Morgan fingerprint density at radius 2 is 1.44 bits per heavy atom. The highest BCUT2D eigenvalue weighted by atomic mass is 16.7. The molecule has 5 atom stereocenters. The van der Waals surface area contributed by atoms with Crippen LogP contribution in [0.25, 0.3) is 0 Å². The van der Waals surface area contributed by atoms with Gasteiger partial charge in [-0.15, -0.1) is 0 Å². The first-order valence-corrected chi connectivity index (χ1v) is 12.1. The van der Waals surface area contributed by atoms with E-state index in [0.717, 1.165) is 13.8 Å². The Hall–Kier alpha value is -4.43. The molecule has 1 aliphatic heterocycles. The van der Waals surface area contributed by atoms with E-state index in [1.807, 2.05) is 18.2 Å². The summed E-state index contributed by atoms with van der Waals surface area (Å²) >= 11 is 0. The van der Waals surface area contributed by atoms with Gasteiger partial charge < -0.3 is 28.4 Å². The predicted molar refractivity (Wildman–Crippen MR) is 133 cm³/mol. The van der Waals surface area contributed by atoms with Crippen molar-refractivity contribution in [2.24, 2.45) is 0 Å². The van der Waals surface area contributed by atoms with Gasteiger partial charge in [0.05, 0.1) is 11.6 Å². The predicted octanol–water partition coefficient (Wildman–Crippen LogP) is 2.94. The molecule has 0 N–H and O–H groups in total. The number of nitriles is 1. The fourth-order valence-corrected chi connectivity index (χ4v) is 4.19. The first-order chi connectivity index (χ1) is 18.6. The maximum Gasteiger partial charge on any atom is 0.303 e. The highest BCUT2D eigenvalue weighted by molar-refractivity contribution is 5.69. The van der Waals surface area contributed by atoms with Gasteiger partial charge in [-0.2, -0.15) is 5.26 Å². The third-order valence-corrected chi connectivity index (χ3v) is 5.71. The molecule has 0 spiro atoms. The first-order valence-electron chi connectivity index (χ1n) is 12.1. The maximum absolute atomic E-state index is 12.1. The first kappa shape index (κ1) is 29.1. The lowest BCUT2D eigenvalue weighted by Gasteiger charge is -2.44. The Labute approximate surface area is 225 Å². The number of nitrogens with zero attached hydrogens (tertiary/aromatic N) is 1. The van der Waals surface area contributed by atoms with E-state index >= 15 is 0 Å². The fourth-order valence-electron chi connectivity index (χ4n) is 4.19. The van der Waals surface area contributed by atoms with Gasteiger partial charge in [0.15, 0.2) is 18.3 Å². The summed E-state index contributed by atoms with van der Waals surface area (Å²) in [4.78, 5) is 47.7. The molecule has 1 heterocycles. The van der Waals surface area contributed by atoms with E-state index in [0.29, 0.717) is 22.4 Å². The van der Waals surface area contributed by atoms with Gasteiger partial charge >= 0.3 is 23.9 Å². The van der Waals surface area contributed by atoms with Gasteiger partial charge in [0.25, 0.3) is 0 Å². The second kappa shape index (κ2) is 13.4. The molecule has 2 unspecified atom stereocenters. The summed E-state index contributed by atoms with van der Waals surface area (Å²) in [5.74, 6) is -2.15. The third kappa shape index (κ3) is 8.02. The van der Waals surface area contributed by atoms with Crippen LogP contribution in [-0.4, -0.2) is 54.9 Å². The molecule has 0 amide bonds. The standard InChI is InChI=1S/C28H29NO10/c1-16(30)34-15-24-26(36-17(2)31)28(38-19(4)33)27(37-18(3)32)25(39-24)20-10-11-21(13-29)22(12-20)14-35-23-8-6-5-7-9-23/h5-12,24-28H,14-15H2,1-4H3/t24?,25-,26+,27-,28?/m0/s1. The van der Waals surface area contributed by atoms with Gasteiger partial charge in [-0.1, -0.05) is 24.3 Å². The molecule has 0 bridgehead atoms. The Morgan fingerprint density at radius 1 is 0.821 bits per heavy atom. The van der Waals surface area contributed by atoms with Gasteiger partial charge in [0, 0.05) is 33.3 Å². The summed E-state index contributed by atoms with van der Waals surface area (Å²) in [6.07, 6.45) is -5.95. The quantitative estimate of drug-likeness (QED) is 0.342. The Kier molecular flexibility index (Phi) is 10.0. The lowest BCUT2D eigenvalue weighted by Crippen LogP contribution is -2.59. The van der Waals surface area contributed by atoms with Crippen molar-refractivity contribution in [3.63, 3.8) is 0 Å². The normalized spacial score (nSPS) is 22.1. The van der Waals surface area contributed by atoms with Crippen LogP contribution in [0, 0.1) is 11.3 Å². The molecule has 206 valence electrons. The van der Waals surface area contributed by atoms with Gasteiger partial charge in [-0.3, -0.25) is 19.2 Å². The average molecular weight is 540 g/mol. The molecule has 2 aromatic rings. The number of carbonyl (C=O) groups is 4. The molecule has 3 rings (SSSR count). The summed E-state index contributed by atoms with van der Waals surface area (Å²) in [6, 6.07) is 16.0. The number of benzene rings is 2. The van der Waals surface area contributed by atoms with Crippen LogP contribution in [0.3, 0.4) is 0 Å². The third-order valence-electron chi connectivity index (χ3n) is 5.71. The molecule has 0 aromatic heterocycles. The van der Waals surface area contributed by atoms with Gasteiger partial charge in [0.1, 0.15) is 31.2 Å². The van der Waals surface area contributed by atoms with Gasteiger partial charge in [0.2, 0.25) is 0 Å². The average Bonchev–Trinajstić information content (AvgIpc) is 2.88. The maximum atomic E-state index is 12.1. The highest BCUT2D eigenvalue weighted by Gasteiger charge is 2.52. The number of carbonyl (C=O) groups excluding carboxylic acids is 4. The largest absolute Gasteiger partial charge is 0.489 e. The molecule has 0 aliphatic carbocycles. The minimum absolute atomic E-state index is 0.0476. The minimum Gasteiger partial charge on any atom is -0.489 e. The van der Waals surface area contributed by atoms with Crippen LogP contribution in [0.15, 0.2) is 48.5 Å². The molecule has 0 saturated carbocycles. The smallest absolute Gasteiger partial charge is 0.303 e. The molecule has 1 saturated heterocycles. The van der Waals surface area contributed by atoms with E-state index in [1.54, 1.807) is 30.3 Å². The molecule has 1 aliphatic rings. The van der Waals surface area contributed by atoms with E-state index in [-0.39, 0.29) is 13.2 Å². The molecule has 11 heteroatoms. The van der Waals surface area contributed by atoms with Crippen LogP contribution in [-0.2, 0) is 49.5 Å². The zero-order valence-electron chi connectivity index (χ0n) is 21.9. The topological polar surface area (TPSA) is 147 Å². The summed E-state index contributed by atoms with van der Waals surface area (Å²) in [7, 11) is 0. The van der Waals surface area contributed by atoms with E-state index in [9.17, 15) is 24.4 Å². The van der Waals surface area contributed by atoms with Crippen LogP contribution < -0.4 is 4.74 Å². The van der Waals surface area contributed by atoms with Crippen LogP contribution in [0.4, 0.5) is 0 Å². The van der Waals surface area contributed by atoms with Crippen molar-refractivity contribution >= 4 is 23.9 Å². The molecule has 2 aromatic carbocycles. The molecule has 39 heavy (non-hydrogen) atoms. The van der Waals surface area contributed by atoms with Crippen LogP contribution >= 0.6 is 0 Å². The summed E-state index contributed by atoms with van der Waals surface area (Å²) in [5, 5.41) is 9.65. The lowest BCUT2D eigenvalue weighted by molar-refractivity contribution is -0.254. The molecular weight excluding hydrogens is 510 g/mol. The Morgan fingerprint density at radius 3 is 2.03 bits per heavy atom. The molecule has 1 fully saturated rings. The Bertz CT molecular complexity index is 1240. The number of para-hydroxylation sites is 1. The summed E-state index contributed by atoms with van der Waals surface area (Å²) < 4.78 is 33.6. The van der Waals surface area contributed by atoms with Crippen molar-refractivity contribution in [1.82, 2.24) is 0 Å². The summed E-state index contributed by atoms with van der Waals surface area (Å²) in [5.41, 5.74) is 1.32. The lowest BCUT2D eigenvalue weighted by atomic mass is 9.89. The van der Waals surface area contributed by atoms with Crippen molar-refractivity contribution in [2.45, 2.75) is 64.8 Å².